The Morgan fingerprint density at radius 3 is 2.06 bits per heavy atom. The van der Waals surface area contributed by atoms with Crippen molar-refractivity contribution in [1.82, 2.24) is 14.9 Å². The third kappa shape index (κ3) is 5.52. The first-order valence-electron chi connectivity index (χ1n) is 11.8. The Kier molecular flexibility index (Phi) is 7.98. The minimum Gasteiger partial charge on any atom is -0.352 e. The van der Waals surface area contributed by atoms with Crippen molar-refractivity contribution >= 4 is 21.8 Å². The zero-order valence-corrected chi connectivity index (χ0v) is 20.6. The number of carbonyl (C=O) groups excluding carboxylic acids is 2. The molecule has 1 saturated heterocycles. The van der Waals surface area contributed by atoms with Gasteiger partial charge in [0.2, 0.25) is 21.8 Å². The van der Waals surface area contributed by atoms with Crippen LogP contribution in [0.25, 0.3) is 0 Å². The van der Waals surface area contributed by atoms with Gasteiger partial charge < -0.3 is 10.6 Å². The summed E-state index contributed by atoms with van der Waals surface area (Å²) in [5.74, 6) is -0.587. The molecule has 0 spiro atoms. The molecule has 8 heteroatoms. The van der Waals surface area contributed by atoms with Crippen LogP contribution in [0.15, 0.2) is 11.0 Å². The summed E-state index contributed by atoms with van der Waals surface area (Å²) in [5.41, 5.74) is 3.51. The fourth-order valence-corrected chi connectivity index (χ4v) is 6.94. The molecule has 1 heterocycles. The first-order valence-corrected chi connectivity index (χ1v) is 13.2. The largest absolute Gasteiger partial charge is 0.352 e. The van der Waals surface area contributed by atoms with Crippen molar-refractivity contribution in [3.8, 4) is 0 Å². The zero-order chi connectivity index (χ0) is 23.5. The number of nitrogens with one attached hydrogen (secondary N) is 2. The van der Waals surface area contributed by atoms with E-state index in [1.54, 1.807) is 0 Å². The first-order chi connectivity index (χ1) is 15.1. The summed E-state index contributed by atoms with van der Waals surface area (Å²) in [5, 5.41) is 5.74. The first kappa shape index (κ1) is 24.7. The highest BCUT2D eigenvalue weighted by molar-refractivity contribution is 7.89. The maximum atomic E-state index is 13.4. The third-order valence-electron chi connectivity index (χ3n) is 7.11. The van der Waals surface area contributed by atoms with Crippen molar-refractivity contribution in [2.45, 2.75) is 83.6 Å². The van der Waals surface area contributed by atoms with Gasteiger partial charge >= 0.3 is 0 Å². The van der Waals surface area contributed by atoms with Crippen molar-refractivity contribution in [2.75, 3.05) is 19.6 Å². The number of piperidine rings is 1. The van der Waals surface area contributed by atoms with E-state index < -0.39 is 10.0 Å². The molecular formula is C24H37N3O4S. The number of nitrogens with zero attached hydrogens (tertiary/aromatic N) is 1. The minimum atomic E-state index is -3.62. The van der Waals surface area contributed by atoms with Gasteiger partial charge in [0.15, 0.2) is 0 Å². The van der Waals surface area contributed by atoms with E-state index in [0.717, 1.165) is 47.9 Å². The van der Waals surface area contributed by atoms with Crippen LogP contribution < -0.4 is 10.6 Å². The second kappa shape index (κ2) is 10.3. The number of carbonyl (C=O) groups is 2. The molecule has 2 fully saturated rings. The third-order valence-corrected chi connectivity index (χ3v) is 9.29. The van der Waals surface area contributed by atoms with Crippen LogP contribution in [0.1, 0.15) is 67.2 Å². The van der Waals surface area contributed by atoms with Gasteiger partial charge in [-0.15, -0.1) is 0 Å². The van der Waals surface area contributed by atoms with E-state index in [2.05, 4.69) is 10.6 Å². The molecule has 3 rings (SSSR count). The number of aryl methyl sites for hydroxylation is 2. The molecule has 178 valence electrons. The van der Waals surface area contributed by atoms with Gasteiger partial charge in [-0.2, -0.15) is 4.31 Å². The Morgan fingerprint density at radius 1 is 0.938 bits per heavy atom. The average Bonchev–Trinajstić information content (AvgIpc) is 2.77. The van der Waals surface area contributed by atoms with E-state index in [4.69, 9.17) is 0 Å². The molecule has 1 aromatic rings. The van der Waals surface area contributed by atoms with E-state index in [-0.39, 0.29) is 30.3 Å². The molecular weight excluding hydrogens is 426 g/mol. The van der Waals surface area contributed by atoms with Crippen LogP contribution in [0, 0.1) is 33.6 Å². The quantitative estimate of drug-likeness (QED) is 0.678. The molecule has 1 aromatic carbocycles. The summed E-state index contributed by atoms with van der Waals surface area (Å²) >= 11 is 0. The lowest BCUT2D eigenvalue weighted by Crippen LogP contribution is -2.46. The molecule has 1 aliphatic carbocycles. The van der Waals surface area contributed by atoms with E-state index in [1.807, 2.05) is 33.8 Å². The highest BCUT2D eigenvalue weighted by Gasteiger charge is 2.34. The molecule has 0 aromatic heterocycles. The van der Waals surface area contributed by atoms with Crippen LogP contribution in [0.3, 0.4) is 0 Å². The van der Waals surface area contributed by atoms with Gasteiger partial charge in [0.1, 0.15) is 0 Å². The van der Waals surface area contributed by atoms with E-state index in [0.29, 0.717) is 30.8 Å². The van der Waals surface area contributed by atoms with Gasteiger partial charge in [-0.3, -0.25) is 9.59 Å². The van der Waals surface area contributed by atoms with Crippen LogP contribution >= 0.6 is 0 Å². The molecule has 1 saturated carbocycles. The van der Waals surface area contributed by atoms with E-state index in [9.17, 15) is 18.0 Å². The smallest absolute Gasteiger partial charge is 0.243 e. The number of rotatable bonds is 6. The molecule has 2 amide bonds. The van der Waals surface area contributed by atoms with Crippen molar-refractivity contribution in [1.29, 1.82) is 0 Å². The predicted molar refractivity (Wildman–Crippen MR) is 125 cm³/mol. The van der Waals surface area contributed by atoms with Crippen molar-refractivity contribution < 1.29 is 18.0 Å². The summed E-state index contributed by atoms with van der Waals surface area (Å²) in [7, 11) is -3.62. The Hall–Kier alpha value is -1.93. The number of sulfonamides is 1. The van der Waals surface area contributed by atoms with Crippen LogP contribution in [-0.4, -0.2) is 50.2 Å². The van der Waals surface area contributed by atoms with Crippen molar-refractivity contribution in [3.05, 3.63) is 28.3 Å². The highest BCUT2D eigenvalue weighted by atomic mass is 32.2. The maximum Gasteiger partial charge on any atom is 0.243 e. The summed E-state index contributed by atoms with van der Waals surface area (Å²) in [4.78, 5) is 25.1. The Morgan fingerprint density at radius 2 is 1.50 bits per heavy atom. The lowest BCUT2D eigenvalue weighted by atomic mass is 9.95. The fourth-order valence-electron chi connectivity index (χ4n) is 4.89. The van der Waals surface area contributed by atoms with Gasteiger partial charge in [-0.1, -0.05) is 25.3 Å². The van der Waals surface area contributed by atoms with Crippen LogP contribution in [0.4, 0.5) is 0 Å². The zero-order valence-electron chi connectivity index (χ0n) is 19.8. The Labute approximate surface area is 192 Å². The summed E-state index contributed by atoms with van der Waals surface area (Å²) in [6, 6.07) is 2.24. The van der Waals surface area contributed by atoms with Gasteiger partial charge in [-0.25, -0.2) is 8.42 Å². The lowest BCUT2D eigenvalue weighted by molar-refractivity contribution is -0.129. The molecule has 2 aliphatic rings. The number of hydrogen-bond acceptors (Lipinski definition) is 4. The molecule has 32 heavy (non-hydrogen) atoms. The number of hydrogen-bond donors (Lipinski definition) is 2. The van der Waals surface area contributed by atoms with Gasteiger partial charge in [0.05, 0.1) is 11.4 Å². The SMILES string of the molecule is Cc1cc(C)c(C)c(S(=O)(=O)N2CCC(C(=O)NCC(=O)NC3CCCCC3)CC2)c1C. The molecule has 0 bridgehead atoms. The summed E-state index contributed by atoms with van der Waals surface area (Å²) in [6.45, 7) is 8.17. The minimum absolute atomic E-state index is 0.0190. The normalized spacial score (nSPS) is 19.0. The van der Waals surface area contributed by atoms with Crippen LogP contribution in [0.5, 0.6) is 0 Å². The number of amides is 2. The molecule has 1 aliphatic heterocycles. The van der Waals surface area contributed by atoms with Crippen LogP contribution in [0.2, 0.25) is 0 Å². The average molecular weight is 464 g/mol. The lowest BCUT2D eigenvalue weighted by Gasteiger charge is -2.32. The molecule has 0 atom stereocenters. The highest BCUT2D eigenvalue weighted by Crippen LogP contribution is 2.31. The fraction of sp³-hybridized carbons (Fsp3) is 0.667. The second-order valence-electron chi connectivity index (χ2n) is 9.39. The Bertz CT molecular complexity index is 934. The summed E-state index contributed by atoms with van der Waals surface area (Å²) < 4.78 is 28.3. The maximum absolute atomic E-state index is 13.4. The van der Waals surface area contributed by atoms with Gasteiger partial charge in [-0.05, 0) is 75.6 Å². The molecule has 7 nitrogen and oxygen atoms in total. The second-order valence-corrected chi connectivity index (χ2v) is 11.3. The topological polar surface area (TPSA) is 95.6 Å². The molecule has 2 N–H and O–H groups in total. The van der Waals surface area contributed by atoms with Gasteiger partial charge in [0.25, 0.3) is 0 Å². The van der Waals surface area contributed by atoms with E-state index >= 15 is 0 Å². The molecule has 0 radical (unpaired) electrons. The van der Waals surface area contributed by atoms with E-state index in [1.165, 1.54) is 10.7 Å². The Balaban J connectivity index is 1.54. The molecule has 0 unspecified atom stereocenters. The standard InChI is InChI=1S/C24H37N3O4S/c1-16-14-17(2)19(4)23(18(16)3)32(30,31)27-12-10-20(11-13-27)24(29)25-15-22(28)26-21-8-6-5-7-9-21/h14,20-21H,5-13,15H2,1-4H3,(H,25,29)(H,26,28). The van der Waals surface area contributed by atoms with Crippen LogP contribution in [-0.2, 0) is 19.6 Å². The van der Waals surface area contributed by atoms with Crippen molar-refractivity contribution in [2.24, 2.45) is 5.92 Å². The van der Waals surface area contributed by atoms with Gasteiger partial charge in [0, 0.05) is 25.0 Å². The summed E-state index contributed by atoms with van der Waals surface area (Å²) in [6.07, 6.45) is 6.43. The monoisotopic (exact) mass is 463 g/mol. The van der Waals surface area contributed by atoms with Crippen molar-refractivity contribution in [3.63, 3.8) is 0 Å². The predicted octanol–water partition coefficient (Wildman–Crippen LogP) is 2.89. The number of benzene rings is 1.